The second-order valence-electron chi connectivity index (χ2n) is 5.35. The zero-order valence-corrected chi connectivity index (χ0v) is 15.1. The van der Waals surface area contributed by atoms with Crippen molar-refractivity contribution in [1.29, 1.82) is 0 Å². The molecule has 128 valence electrons. The van der Waals surface area contributed by atoms with Crippen molar-refractivity contribution >= 4 is 34.3 Å². The van der Waals surface area contributed by atoms with E-state index in [0.29, 0.717) is 21.2 Å². The van der Waals surface area contributed by atoms with Gasteiger partial charge < -0.3 is 4.55 Å². The minimum atomic E-state index is -2.10. The first-order valence-electron chi connectivity index (χ1n) is 7.21. The molecule has 0 aliphatic heterocycles. The second-order valence-corrected chi connectivity index (χ2v) is 7.16. The smallest absolute Gasteiger partial charge is 0.157 e. The van der Waals surface area contributed by atoms with Crippen molar-refractivity contribution in [1.82, 2.24) is 4.98 Å². The fourth-order valence-electron chi connectivity index (χ4n) is 2.55. The van der Waals surface area contributed by atoms with Crippen molar-refractivity contribution in [3.05, 3.63) is 76.3 Å². The van der Waals surface area contributed by atoms with Crippen molar-refractivity contribution in [2.75, 3.05) is 0 Å². The summed E-state index contributed by atoms with van der Waals surface area (Å²) in [6.07, 6.45) is 3.26. The van der Waals surface area contributed by atoms with Crippen LogP contribution in [0.2, 0.25) is 10.0 Å². The van der Waals surface area contributed by atoms with Crippen LogP contribution in [-0.4, -0.2) is 13.7 Å². The van der Waals surface area contributed by atoms with Gasteiger partial charge in [-0.1, -0.05) is 35.3 Å². The number of rotatable bonds is 4. The number of hydrogen-bond acceptors (Lipinski definition) is 2. The molecule has 0 amide bonds. The van der Waals surface area contributed by atoms with Gasteiger partial charge in [-0.2, -0.15) is 0 Å². The van der Waals surface area contributed by atoms with E-state index in [4.69, 9.17) is 27.8 Å². The third-order valence-corrected chi connectivity index (χ3v) is 4.63. The molecule has 3 aromatic rings. The molecule has 1 heterocycles. The maximum absolute atomic E-state index is 14.3. The number of benzene rings is 2. The molecule has 0 aliphatic rings. The lowest BCUT2D eigenvalue weighted by atomic mass is 9.96. The molecule has 7 heteroatoms. The maximum atomic E-state index is 14.3. The van der Waals surface area contributed by atoms with Crippen LogP contribution in [0.5, 0.6) is 0 Å². The Balaban J connectivity index is 2.10. The van der Waals surface area contributed by atoms with E-state index in [1.165, 1.54) is 12.1 Å². The number of pyridine rings is 1. The van der Waals surface area contributed by atoms with Crippen molar-refractivity contribution in [3.8, 4) is 22.3 Å². The van der Waals surface area contributed by atoms with Gasteiger partial charge in [0.15, 0.2) is 11.1 Å². The van der Waals surface area contributed by atoms with Crippen molar-refractivity contribution in [2.24, 2.45) is 0 Å². The van der Waals surface area contributed by atoms with Crippen LogP contribution in [0.1, 0.15) is 5.56 Å². The van der Waals surface area contributed by atoms with Gasteiger partial charge in [-0.3, -0.25) is 4.98 Å². The quantitative estimate of drug-likeness (QED) is 0.586. The molecule has 1 atom stereocenters. The van der Waals surface area contributed by atoms with E-state index in [9.17, 15) is 8.60 Å². The van der Waals surface area contributed by atoms with Crippen LogP contribution in [0.3, 0.4) is 0 Å². The van der Waals surface area contributed by atoms with Crippen LogP contribution in [-0.2, 0) is 16.8 Å². The maximum Gasteiger partial charge on any atom is 0.157 e. The van der Waals surface area contributed by atoms with Crippen LogP contribution in [0.25, 0.3) is 22.3 Å². The van der Waals surface area contributed by atoms with Gasteiger partial charge in [0.05, 0.1) is 5.75 Å². The minimum Gasteiger partial charge on any atom is -0.306 e. The summed E-state index contributed by atoms with van der Waals surface area (Å²) in [7, 11) is 0. The summed E-state index contributed by atoms with van der Waals surface area (Å²) in [5.74, 6) is -0.797. The van der Waals surface area contributed by atoms with Crippen LogP contribution in [0.4, 0.5) is 4.39 Å². The van der Waals surface area contributed by atoms with E-state index in [2.05, 4.69) is 4.98 Å². The highest BCUT2D eigenvalue weighted by molar-refractivity contribution is 7.78. The summed E-state index contributed by atoms with van der Waals surface area (Å²) >= 11 is 10.1. The lowest BCUT2D eigenvalue weighted by molar-refractivity contribution is 0.559. The van der Waals surface area contributed by atoms with Crippen LogP contribution in [0, 0.1) is 5.82 Å². The lowest BCUT2D eigenvalue weighted by Gasteiger charge is -2.11. The van der Waals surface area contributed by atoms with Crippen LogP contribution in [0.15, 0.2) is 54.9 Å². The second kappa shape index (κ2) is 7.62. The van der Waals surface area contributed by atoms with Crippen molar-refractivity contribution in [2.45, 2.75) is 5.75 Å². The molecular formula is C18H12Cl2FNO2S. The fourth-order valence-corrected chi connectivity index (χ4v) is 3.58. The highest BCUT2D eigenvalue weighted by atomic mass is 35.5. The molecule has 1 N–H and O–H groups in total. The van der Waals surface area contributed by atoms with Gasteiger partial charge >= 0.3 is 0 Å². The van der Waals surface area contributed by atoms with Gasteiger partial charge in [0.25, 0.3) is 0 Å². The average Bonchev–Trinajstić information content (AvgIpc) is 2.55. The fraction of sp³-hybridized carbons (Fsp3) is 0.0556. The molecule has 0 radical (unpaired) electrons. The Morgan fingerprint density at radius 3 is 2.36 bits per heavy atom. The SMILES string of the molecule is O=S(O)Cc1ccc(-c2cnccc2-c2cc(Cl)cc(Cl)c2)cc1F. The first-order chi connectivity index (χ1) is 11.9. The van der Waals surface area contributed by atoms with E-state index in [0.717, 1.165) is 11.1 Å². The summed E-state index contributed by atoms with van der Waals surface area (Å²) in [6.45, 7) is 0. The molecule has 3 nitrogen and oxygen atoms in total. The largest absolute Gasteiger partial charge is 0.306 e. The third-order valence-electron chi connectivity index (χ3n) is 3.64. The number of aromatic nitrogens is 1. The van der Waals surface area contributed by atoms with Crippen LogP contribution < -0.4 is 0 Å². The van der Waals surface area contributed by atoms with Gasteiger partial charge in [0.2, 0.25) is 0 Å². The number of nitrogens with zero attached hydrogens (tertiary/aromatic N) is 1. The molecule has 25 heavy (non-hydrogen) atoms. The predicted molar refractivity (Wildman–Crippen MR) is 99.6 cm³/mol. The Hall–Kier alpha value is -1.79. The third kappa shape index (κ3) is 4.25. The van der Waals surface area contributed by atoms with Crippen molar-refractivity contribution < 1.29 is 13.2 Å². The zero-order valence-electron chi connectivity index (χ0n) is 12.7. The van der Waals surface area contributed by atoms with E-state index < -0.39 is 16.9 Å². The molecule has 1 aromatic heterocycles. The highest BCUT2D eigenvalue weighted by Gasteiger charge is 2.12. The summed E-state index contributed by atoms with van der Waals surface area (Å²) < 4.78 is 34.1. The van der Waals surface area contributed by atoms with Gasteiger partial charge in [-0.25, -0.2) is 8.60 Å². The summed E-state index contributed by atoms with van der Waals surface area (Å²) in [5, 5.41) is 0.995. The van der Waals surface area contributed by atoms with Gasteiger partial charge in [-0.15, -0.1) is 0 Å². The molecule has 0 saturated carbocycles. The molecule has 0 fully saturated rings. The monoisotopic (exact) mass is 395 g/mol. The first kappa shape index (κ1) is 18.0. The molecule has 1 unspecified atom stereocenters. The van der Waals surface area contributed by atoms with Gasteiger partial charge in [0, 0.05) is 33.6 Å². The molecule has 0 aliphatic carbocycles. The Labute approximate surface area is 156 Å². The standard InChI is InChI=1S/C18H12Cl2FNO2S/c19-14-5-13(6-15(20)8-14)16-3-4-22-9-17(16)11-1-2-12(10-25(23)24)18(21)7-11/h1-9H,10H2,(H,23,24). The normalized spacial score (nSPS) is 12.2. The van der Waals surface area contributed by atoms with Gasteiger partial charge in [0.1, 0.15) is 5.82 Å². The summed E-state index contributed by atoms with van der Waals surface area (Å²) in [5.41, 5.74) is 3.08. The van der Waals surface area contributed by atoms with E-state index in [-0.39, 0.29) is 11.3 Å². The summed E-state index contributed by atoms with van der Waals surface area (Å²) in [6, 6.07) is 11.5. The van der Waals surface area contributed by atoms with E-state index in [1.54, 1.807) is 42.7 Å². The Morgan fingerprint density at radius 2 is 1.72 bits per heavy atom. The lowest BCUT2D eigenvalue weighted by Crippen LogP contribution is -1.97. The van der Waals surface area contributed by atoms with Crippen LogP contribution >= 0.6 is 23.2 Å². The molecule has 0 saturated heterocycles. The first-order valence-corrected chi connectivity index (χ1v) is 9.24. The zero-order chi connectivity index (χ0) is 18.0. The molecule has 0 spiro atoms. The van der Waals surface area contributed by atoms with E-state index in [1.807, 2.05) is 0 Å². The Bertz CT molecular complexity index is 945. The predicted octanol–water partition coefficient (Wildman–Crippen LogP) is 5.58. The molecular weight excluding hydrogens is 384 g/mol. The highest BCUT2D eigenvalue weighted by Crippen LogP contribution is 2.34. The average molecular weight is 396 g/mol. The summed E-state index contributed by atoms with van der Waals surface area (Å²) in [4.78, 5) is 4.12. The Kier molecular flexibility index (Phi) is 5.49. The minimum absolute atomic E-state index is 0.181. The molecule has 0 bridgehead atoms. The van der Waals surface area contributed by atoms with Crippen molar-refractivity contribution in [3.63, 3.8) is 0 Å². The number of hydrogen-bond donors (Lipinski definition) is 1. The molecule has 3 rings (SSSR count). The van der Waals surface area contributed by atoms with Gasteiger partial charge in [-0.05, 0) is 47.0 Å². The topological polar surface area (TPSA) is 50.2 Å². The molecule has 2 aromatic carbocycles. The number of halogens is 3. The Morgan fingerprint density at radius 1 is 1.00 bits per heavy atom. The van der Waals surface area contributed by atoms with E-state index >= 15 is 0 Å².